The van der Waals surface area contributed by atoms with Gasteiger partial charge in [0.05, 0.1) is 0 Å². The lowest BCUT2D eigenvalue weighted by Crippen LogP contribution is -2.34. The number of rotatable bonds is 2. The fraction of sp³-hybridized carbons (Fsp3) is 0.533. The van der Waals surface area contributed by atoms with Gasteiger partial charge in [0, 0.05) is 31.6 Å². The van der Waals surface area contributed by atoms with Gasteiger partial charge in [-0.25, -0.2) is 4.79 Å². The summed E-state index contributed by atoms with van der Waals surface area (Å²) in [6, 6.07) is 9.81. The molecule has 4 nitrogen and oxygen atoms in total. The van der Waals surface area contributed by atoms with Gasteiger partial charge in [-0.1, -0.05) is 37.3 Å². The lowest BCUT2D eigenvalue weighted by atomic mass is 9.83. The number of amides is 1. The molecule has 1 aromatic carbocycles. The van der Waals surface area contributed by atoms with Crippen molar-refractivity contribution in [3.05, 3.63) is 35.9 Å². The summed E-state index contributed by atoms with van der Waals surface area (Å²) < 4.78 is 5.39. The molecule has 19 heavy (non-hydrogen) atoms. The van der Waals surface area contributed by atoms with Crippen molar-refractivity contribution < 1.29 is 9.53 Å². The number of nitrogens with zero attached hydrogens (tertiary/aromatic N) is 1. The summed E-state index contributed by atoms with van der Waals surface area (Å²) in [5.41, 5.74) is 1.26. The van der Waals surface area contributed by atoms with E-state index >= 15 is 0 Å². The Bertz CT molecular complexity index is 462. The molecule has 0 saturated carbocycles. The highest BCUT2D eigenvalue weighted by Crippen LogP contribution is 2.38. The maximum atomic E-state index is 12.1. The molecule has 2 aliphatic rings. The summed E-state index contributed by atoms with van der Waals surface area (Å²) in [4.78, 5) is 13.9. The number of benzene rings is 1. The monoisotopic (exact) mass is 260 g/mol. The van der Waals surface area contributed by atoms with Crippen LogP contribution in [0.4, 0.5) is 4.79 Å². The van der Waals surface area contributed by atoms with Gasteiger partial charge in [0.25, 0.3) is 0 Å². The Hall–Kier alpha value is -1.55. The van der Waals surface area contributed by atoms with Crippen molar-refractivity contribution >= 4 is 6.09 Å². The Labute approximate surface area is 113 Å². The highest BCUT2D eigenvalue weighted by atomic mass is 16.6. The first-order chi connectivity index (χ1) is 9.17. The smallest absolute Gasteiger partial charge is 0.410 e. The second-order valence-corrected chi connectivity index (χ2v) is 5.90. The van der Waals surface area contributed by atoms with Gasteiger partial charge in [-0.2, -0.15) is 0 Å². The van der Waals surface area contributed by atoms with Crippen LogP contribution in [0.25, 0.3) is 0 Å². The van der Waals surface area contributed by atoms with Gasteiger partial charge in [-0.3, -0.25) is 0 Å². The van der Waals surface area contributed by atoms with Gasteiger partial charge in [0.1, 0.15) is 6.61 Å². The highest BCUT2D eigenvalue weighted by molar-refractivity contribution is 5.68. The number of hydrogen-bond donors (Lipinski definition) is 1. The zero-order valence-electron chi connectivity index (χ0n) is 11.3. The number of fused-ring (bicyclic) bond motifs is 1. The standard InChI is InChI=1S/C15H20N2O2/c1-15-10-16-7-13(15)8-17(11-15)14(18)19-9-12-5-3-2-4-6-12/h2-6,13,16H,7-11H2,1H3/t13-,15+/m0/s1. The topological polar surface area (TPSA) is 41.6 Å². The first kappa shape index (κ1) is 12.5. The van der Waals surface area contributed by atoms with Crippen LogP contribution in [0.15, 0.2) is 30.3 Å². The van der Waals surface area contributed by atoms with E-state index in [0.717, 1.165) is 31.7 Å². The van der Waals surface area contributed by atoms with E-state index in [1.807, 2.05) is 35.2 Å². The number of carbonyl (C=O) groups excluding carboxylic acids is 1. The molecule has 2 atom stereocenters. The van der Waals surface area contributed by atoms with E-state index in [9.17, 15) is 4.79 Å². The maximum absolute atomic E-state index is 12.1. The zero-order valence-corrected chi connectivity index (χ0v) is 11.3. The van der Waals surface area contributed by atoms with Crippen molar-refractivity contribution in [1.82, 2.24) is 10.2 Å². The van der Waals surface area contributed by atoms with Gasteiger partial charge in [-0.05, 0) is 11.5 Å². The van der Waals surface area contributed by atoms with Crippen LogP contribution in [0.2, 0.25) is 0 Å². The Balaban J connectivity index is 1.55. The first-order valence-electron chi connectivity index (χ1n) is 6.84. The van der Waals surface area contributed by atoms with E-state index in [1.165, 1.54) is 0 Å². The van der Waals surface area contributed by atoms with Crippen molar-refractivity contribution in [3.63, 3.8) is 0 Å². The number of ether oxygens (including phenoxy) is 1. The third-order valence-electron chi connectivity index (χ3n) is 4.36. The first-order valence-corrected chi connectivity index (χ1v) is 6.84. The van der Waals surface area contributed by atoms with Gasteiger partial charge in [0.15, 0.2) is 0 Å². The Kier molecular flexibility index (Phi) is 3.19. The second-order valence-electron chi connectivity index (χ2n) is 5.90. The molecule has 0 aliphatic carbocycles. The second kappa shape index (κ2) is 4.85. The molecule has 4 heteroatoms. The van der Waals surface area contributed by atoms with Gasteiger partial charge in [0.2, 0.25) is 0 Å². The van der Waals surface area contributed by atoms with Crippen LogP contribution in [-0.2, 0) is 11.3 Å². The van der Waals surface area contributed by atoms with Crippen molar-refractivity contribution in [2.75, 3.05) is 26.2 Å². The minimum atomic E-state index is -0.181. The van der Waals surface area contributed by atoms with Crippen LogP contribution in [0.5, 0.6) is 0 Å². The number of likely N-dealkylation sites (tertiary alicyclic amines) is 1. The van der Waals surface area contributed by atoms with Crippen LogP contribution in [0.3, 0.4) is 0 Å². The molecule has 1 amide bonds. The van der Waals surface area contributed by atoms with Gasteiger partial charge in [-0.15, -0.1) is 0 Å². The Morgan fingerprint density at radius 2 is 2.26 bits per heavy atom. The van der Waals surface area contributed by atoms with E-state index in [0.29, 0.717) is 12.5 Å². The molecule has 1 aromatic rings. The molecule has 2 heterocycles. The molecule has 2 fully saturated rings. The fourth-order valence-electron chi connectivity index (χ4n) is 3.11. The summed E-state index contributed by atoms with van der Waals surface area (Å²) >= 11 is 0. The average Bonchev–Trinajstić information content (AvgIpc) is 2.92. The maximum Gasteiger partial charge on any atom is 0.410 e. The van der Waals surface area contributed by atoms with E-state index in [1.54, 1.807) is 0 Å². The molecule has 102 valence electrons. The quantitative estimate of drug-likeness (QED) is 0.882. The summed E-state index contributed by atoms with van der Waals surface area (Å²) in [5.74, 6) is 0.566. The number of nitrogens with one attached hydrogen (secondary N) is 1. The van der Waals surface area contributed by atoms with Crippen molar-refractivity contribution in [2.24, 2.45) is 11.3 Å². The van der Waals surface area contributed by atoms with Crippen molar-refractivity contribution in [3.8, 4) is 0 Å². The normalized spacial score (nSPS) is 29.3. The summed E-state index contributed by atoms with van der Waals surface area (Å²) in [7, 11) is 0. The summed E-state index contributed by atoms with van der Waals surface area (Å²) in [6.45, 7) is 6.24. The van der Waals surface area contributed by atoms with Crippen molar-refractivity contribution in [1.29, 1.82) is 0 Å². The Morgan fingerprint density at radius 3 is 3.00 bits per heavy atom. The molecule has 0 unspecified atom stereocenters. The van der Waals surface area contributed by atoms with Crippen LogP contribution in [0.1, 0.15) is 12.5 Å². The lowest BCUT2D eigenvalue weighted by Gasteiger charge is -2.22. The van der Waals surface area contributed by atoms with Crippen LogP contribution in [0, 0.1) is 11.3 Å². The predicted molar refractivity (Wildman–Crippen MR) is 72.7 cm³/mol. The molecular formula is C15H20N2O2. The van der Waals surface area contributed by atoms with E-state index in [4.69, 9.17) is 4.74 Å². The van der Waals surface area contributed by atoms with Crippen LogP contribution in [-0.4, -0.2) is 37.2 Å². The van der Waals surface area contributed by atoms with Gasteiger partial charge < -0.3 is 15.0 Å². The molecule has 0 bridgehead atoms. The summed E-state index contributed by atoms with van der Waals surface area (Å²) in [6.07, 6.45) is -0.181. The molecule has 1 N–H and O–H groups in total. The Morgan fingerprint density at radius 1 is 1.47 bits per heavy atom. The third kappa shape index (κ3) is 2.45. The SMILES string of the molecule is C[C@]12CNC[C@H]1CN(C(=O)OCc1ccccc1)C2. The fourth-order valence-corrected chi connectivity index (χ4v) is 3.11. The minimum Gasteiger partial charge on any atom is -0.445 e. The largest absolute Gasteiger partial charge is 0.445 e. The van der Waals surface area contributed by atoms with E-state index in [2.05, 4.69) is 12.2 Å². The van der Waals surface area contributed by atoms with Crippen LogP contribution >= 0.6 is 0 Å². The van der Waals surface area contributed by atoms with Crippen molar-refractivity contribution in [2.45, 2.75) is 13.5 Å². The summed E-state index contributed by atoms with van der Waals surface area (Å²) in [5, 5.41) is 3.40. The highest BCUT2D eigenvalue weighted by Gasteiger charge is 2.47. The molecule has 2 saturated heterocycles. The third-order valence-corrected chi connectivity index (χ3v) is 4.36. The average molecular weight is 260 g/mol. The molecule has 0 spiro atoms. The molecule has 3 rings (SSSR count). The van der Waals surface area contributed by atoms with Crippen LogP contribution < -0.4 is 5.32 Å². The predicted octanol–water partition coefficient (Wildman–Crippen LogP) is 1.86. The lowest BCUT2D eigenvalue weighted by molar-refractivity contribution is 0.0998. The molecule has 2 aliphatic heterocycles. The molecule has 0 aromatic heterocycles. The number of carbonyl (C=O) groups is 1. The van der Waals surface area contributed by atoms with E-state index in [-0.39, 0.29) is 11.5 Å². The molecule has 0 radical (unpaired) electrons. The van der Waals surface area contributed by atoms with E-state index < -0.39 is 0 Å². The van der Waals surface area contributed by atoms with Gasteiger partial charge >= 0.3 is 6.09 Å². The minimum absolute atomic E-state index is 0.181. The number of hydrogen-bond acceptors (Lipinski definition) is 3. The molecular weight excluding hydrogens is 240 g/mol. The zero-order chi connectivity index (χ0) is 13.3.